The van der Waals surface area contributed by atoms with Crippen molar-refractivity contribution in [2.45, 2.75) is 70.7 Å². The van der Waals surface area contributed by atoms with E-state index in [2.05, 4.69) is 23.8 Å². The Bertz CT molecular complexity index is 443. The van der Waals surface area contributed by atoms with Crippen LogP contribution in [-0.4, -0.2) is 37.4 Å². The number of aliphatic hydroxyl groups excluding tert-OH is 1. The molecule has 0 saturated carbocycles. The first kappa shape index (κ1) is 13.1. The third-order valence-corrected chi connectivity index (χ3v) is 4.37. The summed E-state index contributed by atoms with van der Waals surface area (Å²) in [5.41, 5.74) is 0. The lowest BCUT2D eigenvalue weighted by Crippen LogP contribution is -2.39. The van der Waals surface area contributed by atoms with Crippen LogP contribution in [0.5, 0.6) is 0 Å². The normalized spacial score (nSPS) is 28.6. The van der Waals surface area contributed by atoms with Crippen LogP contribution < -0.4 is 0 Å². The Morgan fingerprint density at radius 3 is 2.79 bits per heavy atom. The van der Waals surface area contributed by atoms with E-state index in [4.69, 9.17) is 4.98 Å². The van der Waals surface area contributed by atoms with Gasteiger partial charge in [-0.15, -0.1) is 0 Å². The van der Waals surface area contributed by atoms with Crippen molar-refractivity contribution in [1.29, 1.82) is 0 Å². The van der Waals surface area contributed by atoms with Crippen molar-refractivity contribution >= 4 is 0 Å². The molecule has 19 heavy (non-hydrogen) atoms. The summed E-state index contributed by atoms with van der Waals surface area (Å²) in [4.78, 5) is 7.20. The molecule has 2 unspecified atom stereocenters. The van der Waals surface area contributed by atoms with Gasteiger partial charge in [0.25, 0.3) is 0 Å². The van der Waals surface area contributed by atoms with Gasteiger partial charge >= 0.3 is 0 Å². The van der Waals surface area contributed by atoms with E-state index in [0.29, 0.717) is 12.1 Å². The van der Waals surface area contributed by atoms with Crippen molar-refractivity contribution < 1.29 is 5.11 Å². The van der Waals surface area contributed by atoms with E-state index in [0.717, 1.165) is 43.9 Å². The summed E-state index contributed by atoms with van der Waals surface area (Å²) >= 11 is 0. The molecule has 0 bridgehead atoms. The Balaban J connectivity index is 1.88. The van der Waals surface area contributed by atoms with Gasteiger partial charge in [-0.2, -0.15) is 5.10 Å². The number of aromatic nitrogens is 3. The van der Waals surface area contributed by atoms with E-state index in [-0.39, 0.29) is 0 Å². The summed E-state index contributed by atoms with van der Waals surface area (Å²) in [6.45, 7) is 5.61. The van der Waals surface area contributed by atoms with Crippen molar-refractivity contribution in [2.24, 2.45) is 0 Å². The van der Waals surface area contributed by atoms with Gasteiger partial charge in [-0.3, -0.25) is 4.90 Å². The van der Waals surface area contributed by atoms with E-state index in [1.165, 1.54) is 12.8 Å². The molecule has 5 heteroatoms. The third kappa shape index (κ3) is 2.41. The quantitative estimate of drug-likeness (QED) is 0.888. The lowest BCUT2D eigenvalue weighted by atomic mass is 10.00. The highest BCUT2D eigenvalue weighted by Crippen LogP contribution is 2.32. The maximum atomic E-state index is 9.99. The first-order valence-electron chi connectivity index (χ1n) is 7.56. The number of rotatable bonds is 2. The fourth-order valence-corrected chi connectivity index (χ4v) is 3.34. The molecular formula is C14H24N4O. The second kappa shape index (κ2) is 5.21. The third-order valence-electron chi connectivity index (χ3n) is 4.37. The zero-order chi connectivity index (χ0) is 13.4. The smallest absolute Gasteiger partial charge is 0.168 e. The van der Waals surface area contributed by atoms with Gasteiger partial charge in [0.2, 0.25) is 0 Å². The van der Waals surface area contributed by atoms with Gasteiger partial charge in [-0.05, 0) is 46.1 Å². The summed E-state index contributed by atoms with van der Waals surface area (Å²) in [5.74, 6) is 1.88. The summed E-state index contributed by atoms with van der Waals surface area (Å²) in [7, 11) is 0. The number of hydrogen-bond acceptors (Lipinski definition) is 4. The first-order chi connectivity index (χ1) is 9.16. The van der Waals surface area contributed by atoms with Crippen LogP contribution in [0.1, 0.15) is 69.9 Å². The van der Waals surface area contributed by atoms with Crippen LogP contribution in [0.3, 0.4) is 0 Å². The predicted molar refractivity (Wildman–Crippen MR) is 72.6 cm³/mol. The molecule has 5 nitrogen and oxygen atoms in total. The number of aryl methyl sites for hydroxylation is 1. The Morgan fingerprint density at radius 2 is 2.05 bits per heavy atom. The average molecular weight is 264 g/mol. The maximum Gasteiger partial charge on any atom is 0.168 e. The molecular weight excluding hydrogens is 240 g/mol. The summed E-state index contributed by atoms with van der Waals surface area (Å²) in [6, 6.07) is 0.856. The molecule has 3 heterocycles. The minimum atomic E-state index is -0.471. The number of likely N-dealkylation sites (tertiary alicyclic amines) is 1. The van der Waals surface area contributed by atoms with Crippen molar-refractivity contribution in [2.75, 3.05) is 6.54 Å². The Kier molecular flexibility index (Phi) is 3.58. The highest BCUT2D eigenvalue weighted by molar-refractivity contribution is 5.03. The molecule has 0 radical (unpaired) electrons. The molecule has 2 aliphatic rings. The van der Waals surface area contributed by atoms with Crippen LogP contribution >= 0.6 is 0 Å². The molecule has 2 aliphatic heterocycles. The Morgan fingerprint density at radius 1 is 1.21 bits per heavy atom. The van der Waals surface area contributed by atoms with Crippen LogP contribution in [0.4, 0.5) is 0 Å². The van der Waals surface area contributed by atoms with Crippen LogP contribution in [0, 0.1) is 0 Å². The summed E-state index contributed by atoms with van der Waals surface area (Å²) in [5, 5.41) is 14.6. The number of piperidine rings is 1. The van der Waals surface area contributed by atoms with Gasteiger partial charge in [0.15, 0.2) is 5.82 Å². The van der Waals surface area contributed by atoms with E-state index < -0.39 is 6.23 Å². The number of nitrogens with zero attached hydrogens (tertiary/aromatic N) is 4. The zero-order valence-corrected chi connectivity index (χ0v) is 11.9. The molecule has 0 aromatic carbocycles. The standard InChI is InChI=1S/C14H24N4O/c1-10(2)17-9-4-3-6-11(17)14-15-12-7-5-8-13(19)18(12)16-14/h10-11,13,19H,3-9H2,1-2H3. The highest BCUT2D eigenvalue weighted by atomic mass is 16.3. The minimum Gasteiger partial charge on any atom is -0.372 e. The van der Waals surface area contributed by atoms with Crippen LogP contribution in [-0.2, 0) is 6.42 Å². The van der Waals surface area contributed by atoms with Crippen LogP contribution in [0.25, 0.3) is 0 Å². The minimum absolute atomic E-state index is 0.332. The Hall–Kier alpha value is -0.940. The SMILES string of the molecule is CC(C)N1CCCCC1c1nc2n(n1)C(O)CCC2. The number of hydrogen-bond donors (Lipinski definition) is 1. The monoisotopic (exact) mass is 264 g/mol. The number of fused-ring (bicyclic) bond motifs is 1. The van der Waals surface area contributed by atoms with Gasteiger partial charge in [0.1, 0.15) is 12.1 Å². The molecule has 1 N–H and O–H groups in total. The average Bonchev–Trinajstić information content (AvgIpc) is 2.84. The lowest BCUT2D eigenvalue weighted by Gasteiger charge is -2.36. The molecule has 1 fully saturated rings. The van der Waals surface area contributed by atoms with Crippen LogP contribution in [0.2, 0.25) is 0 Å². The fourth-order valence-electron chi connectivity index (χ4n) is 3.34. The molecule has 3 rings (SSSR count). The highest BCUT2D eigenvalue weighted by Gasteiger charge is 2.31. The van der Waals surface area contributed by atoms with E-state index >= 15 is 0 Å². The zero-order valence-electron chi connectivity index (χ0n) is 11.9. The van der Waals surface area contributed by atoms with Gasteiger partial charge in [-0.25, -0.2) is 9.67 Å². The first-order valence-corrected chi connectivity index (χ1v) is 7.56. The van der Waals surface area contributed by atoms with Gasteiger partial charge in [-0.1, -0.05) is 6.42 Å². The van der Waals surface area contributed by atoms with Crippen LogP contribution in [0.15, 0.2) is 0 Å². The van der Waals surface area contributed by atoms with Gasteiger partial charge in [0, 0.05) is 12.5 Å². The molecule has 0 spiro atoms. The van der Waals surface area contributed by atoms with Crippen molar-refractivity contribution in [3.63, 3.8) is 0 Å². The van der Waals surface area contributed by atoms with Gasteiger partial charge < -0.3 is 5.11 Å². The lowest BCUT2D eigenvalue weighted by molar-refractivity contribution is 0.0623. The van der Waals surface area contributed by atoms with Gasteiger partial charge in [0.05, 0.1) is 6.04 Å². The number of aliphatic hydroxyl groups is 1. The molecule has 1 saturated heterocycles. The van der Waals surface area contributed by atoms with Crippen molar-refractivity contribution in [3.05, 3.63) is 11.6 Å². The summed E-state index contributed by atoms with van der Waals surface area (Å²) < 4.78 is 1.74. The predicted octanol–water partition coefficient (Wildman–Crippen LogP) is 2.04. The molecule has 0 amide bonds. The molecule has 1 aromatic heterocycles. The Labute approximate surface area is 114 Å². The molecule has 1 aromatic rings. The second-order valence-corrected chi connectivity index (χ2v) is 6.05. The van der Waals surface area contributed by atoms with Crippen molar-refractivity contribution in [3.8, 4) is 0 Å². The molecule has 2 atom stereocenters. The molecule has 106 valence electrons. The second-order valence-electron chi connectivity index (χ2n) is 6.05. The fraction of sp³-hybridized carbons (Fsp3) is 0.857. The summed E-state index contributed by atoms with van der Waals surface area (Å²) in [6.07, 6.45) is 5.94. The topological polar surface area (TPSA) is 54.2 Å². The maximum absolute atomic E-state index is 9.99. The van der Waals surface area contributed by atoms with E-state index in [1.807, 2.05) is 0 Å². The van der Waals surface area contributed by atoms with E-state index in [9.17, 15) is 5.11 Å². The molecule has 0 aliphatic carbocycles. The van der Waals surface area contributed by atoms with Crippen molar-refractivity contribution in [1.82, 2.24) is 19.7 Å². The largest absolute Gasteiger partial charge is 0.372 e. The van der Waals surface area contributed by atoms with E-state index in [1.54, 1.807) is 4.68 Å².